The predicted octanol–water partition coefficient (Wildman–Crippen LogP) is 3.96. The maximum atomic E-state index is 12.3. The highest BCUT2D eigenvalue weighted by atomic mass is 35.5. The van der Waals surface area contributed by atoms with E-state index in [-0.39, 0.29) is 22.0 Å². The van der Waals surface area contributed by atoms with E-state index in [1.54, 1.807) is 6.07 Å². The van der Waals surface area contributed by atoms with Gasteiger partial charge in [0, 0.05) is 31.8 Å². The van der Waals surface area contributed by atoms with Crippen LogP contribution in [-0.2, 0) is 30.8 Å². The van der Waals surface area contributed by atoms with Crippen LogP contribution in [0.3, 0.4) is 0 Å². The number of amides is 1. The number of hydrogen-bond acceptors (Lipinski definition) is 6. The van der Waals surface area contributed by atoms with Gasteiger partial charge in [-0.2, -0.15) is 0 Å². The monoisotopic (exact) mass is 490 g/mol. The molecule has 0 bridgehead atoms. The summed E-state index contributed by atoms with van der Waals surface area (Å²) >= 11 is 5.99. The lowest BCUT2D eigenvalue weighted by Gasteiger charge is -2.14. The van der Waals surface area contributed by atoms with E-state index >= 15 is 0 Å². The van der Waals surface area contributed by atoms with Crippen molar-refractivity contribution in [3.63, 3.8) is 0 Å². The highest BCUT2D eigenvalue weighted by molar-refractivity contribution is 7.89. The summed E-state index contributed by atoms with van der Waals surface area (Å²) in [7, 11) is -1.03. The topological polar surface area (TPSA) is 106 Å². The van der Waals surface area contributed by atoms with E-state index in [4.69, 9.17) is 20.8 Å². The van der Waals surface area contributed by atoms with E-state index < -0.39 is 28.5 Å². The average molecular weight is 491 g/mol. The Labute approximate surface area is 197 Å². The van der Waals surface area contributed by atoms with Crippen LogP contribution < -0.4 is 5.32 Å². The second-order valence-corrected chi connectivity index (χ2v) is 9.80. The summed E-state index contributed by atoms with van der Waals surface area (Å²) in [5.74, 6) is 0.168. The minimum atomic E-state index is -3.79. The van der Waals surface area contributed by atoms with Crippen molar-refractivity contribution in [3.05, 3.63) is 71.4 Å². The third kappa shape index (κ3) is 6.44. The first-order chi connectivity index (χ1) is 15.7. The van der Waals surface area contributed by atoms with Gasteiger partial charge in [0.1, 0.15) is 16.4 Å². The third-order valence-electron chi connectivity index (χ3n) is 4.63. The number of sulfonamides is 1. The highest BCUT2D eigenvalue weighted by Crippen LogP contribution is 2.27. The molecule has 2 aromatic carbocycles. The lowest BCUT2D eigenvalue weighted by atomic mass is 10.2. The number of furan rings is 1. The maximum Gasteiger partial charge on any atom is 0.306 e. The van der Waals surface area contributed by atoms with Crippen molar-refractivity contribution >= 4 is 39.2 Å². The normalized spacial score (nSPS) is 11.4. The Bertz CT molecular complexity index is 1240. The summed E-state index contributed by atoms with van der Waals surface area (Å²) in [6, 6.07) is 17.3. The molecule has 0 saturated heterocycles. The smallest absolute Gasteiger partial charge is 0.306 e. The van der Waals surface area contributed by atoms with E-state index in [9.17, 15) is 18.0 Å². The predicted molar refractivity (Wildman–Crippen MR) is 124 cm³/mol. The Balaban J connectivity index is 1.49. The zero-order valence-corrected chi connectivity index (χ0v) is 19.7. The minimum absolute atomic E-state index is 0.0291. The van der Waals surface area contributed by atoms with Gasteiger partial charge >= 0.3 is 5.97 Å². The molecule has 8 nitrogen and oxygen atoms in total. The van der Waals surface area contributed by atoms with Crippen molar-refractivity contribution in [2.45, 2.75) is 17.7 Å². The molecule has 10 heteroatoms. The third-order valence-corrected chi connectivity index (χ3v) is 6.93. The van der Waals surface area contributed by atoms with E-state index in [2.05, 4.69) is 5.32 Å². The fourth-order valence-corrected chi connectivity index (χ4v) is 4.28. The van der Waals surface area contributed by atoms with E-state index in [1.165, 1.54) is 32.3 Å². The second-order valence-electron chi connectivity index (χ2n) is 7.27. The molecular weight excluding hydrogens is 468 g/mol. The Hall–Kier alpha value is -3.14. The molecule has 0 radical (unpaired) electrons. The van der Waals surface area contributed by atoms with Crippen LogP contribution in [0.5, 0.6) is 0 Å². The summed E-state index contributed by atoms with van der Waals surface area (Å²) in [6.45, 7) is -0.509. The molecule has 0 saturated carbocycles. The Morgan fingerprint density at radius 1 is 1.06 bits per heavy atom. The molecule has 0 atom stereocenters. The summed E-state index contributed by atoms with van der Waals surface area (Å²) in [5.41, 5.74) is 1.15. The van der Waals surface area contributed by atoms with Crippen LogP contribution in [0.4, 0.5) is 5.69 Å². The number of nitrogens with one attached hydrogen (secondary N) is 1. The van der Waals surface area contributed by atoms with Gasteiger partial charge in [-0.25, -0.2) is 12.7 Å². The molecule has 33 heavy (non-hydrogen) atoms. The number of carbonyl (C=O) groups is 2. The lowest BCUT2D eigenvalue weighted by molar-refractivity contribution is -0.147. The first kappa shape index (κ1) is 24.5. The molecule has 0 fully saturated rings. The Kier molecular flexibility index (Phi) is 7.91. The van der Waals surface area contributed by atoms with Crippen LogP contribution in [0, 0.1) is 0 Å². The van der Waals surface area contributed by atoms with Gasteiger partial charge in [0.15, 0.2) is 6.61 Å². The molecule has 0 aliphatic carbocycles. The van der Waals surface area contributed by atoms with Crippen molar-refractivity contribution in [1.82, 2.24) is 4.31 Å². The van der Waals surface area contributed by atoms with Crippen LogP contribution >= 0.6 is 11.6 Å². The van der Waals surface area contributed by atoms with Crippen molar-refractivity contribution in [1.29, 1.82) is 0 Å². The number of anilines is 1. The van der Waals surface area contributed by atoms with Crippen LogP contribution in [-0.4, -0.2) is 45.3 Å². The number of hydrogen-bond donors (Lipinski definition) is 1. The number of halogens is 1. The number of rotatable bonds is 9. The standard InChI is InChI=1S/C23H23ClN2O6S/c1-26(2)33(29,30)21-14-17(8-11-19(21)24)25-22(27)15-31-23(28)13-10-18-9-12-20(32-18)16-6-4-3-5-7-16/h3-9,11-12,14H,10,13,15H2,1-2H3,(H,25,27). The van der Waals surface area contributed by atoms with Gasteiger partial charge in [-0.3, -0.25) is 9.59 Å². The van der Waals surface area contributed by atoms with Crippen molar-refractivity contribution in [2.75, 3.05) is 26.0 Å². The number of aryl methyl sites for hydroxylation is 1. The molecule has 1 aromatic heterocycles. The summed E-state index contributed by atoms with van der Waals surface area (Å²) < 4.78 is 36.4. The number of ether oxygens (including phenoxy) is 1. The van der Waals surface area contributed by atoms with Crippen LogP contribution in [0.25, 0.3) is 11.3 Å². The molecule has 3 aromatic rings. The summed E-state index contributed by atoms with van der Waals surface area (Å²) in [6.07, 6.45) is 0.372. The van der Waals surface area contributed by atoms with E-state index in [1.807, 2.05) is 36.4 Å². The molecular formula is C23H23ClN2O6S. The zero-order valence-electron chi connectivity index (χ0n) is 18.1. The Morgan fingerprint density at radius 3 is 2.48 bits per heavy atom. The molecule has 0 spiro atoms. The number of benzene rings is 2. The molecule has 174 valence electrons. The fraction of sp³-hybridized carbons (Fsp3) is 0.217. The zero-order chi connectivity index (χ0) is 24.0. The second kappa shape index (κ2) is 10.7. The quantitative estimate of drug-likeness (QED) is 0.455. The van der Waals surface area contributed by atoms with Crippen molar-refractivity contribution in [2.24, 2.45) is 0 Å². The molecule has 0 aliphatic heterocycles. The molecule has 1 N–H and O–H groups in total. The van der Waals surface area contributed by atoms with Crippen molar-refractivity contribution in [3.8, 4) is 11.3 Å². The molecule has 3 rings (SSSR count). The first-order valence-electron chi connectivity index (χ1n) is 9.98. The van der Waals surface area contributed by atoms with Crippen LogP contribution in [0.1, 0.15) is 12.2 Å². The average Bonchev–Trinajstić information content (AvgIpc) is 3.27. The van der Waals surface area contributed by atoms with Gasteiger partial charge in [-0.1, -0.05) is 41.9 Å². The SMILES string of the molecule is CN(C)S(=O)(=O)c1cc(NC(=O)COC(=O)CCc2ccc(-c3ccccc3)o2)ccc1Cl. The van der Waals surface area contributed by atoms with E-state index in [0.29, 0.717) is 17.9 Å². The van der Waals surface area contributed by atoms with Gasteiger partial charge in [-0.15, -0.1) is 0 Å². The van der Waals surface area contributed by atoms with Gasteiger partial charge in [-0.05, 0) is 30.3 Å². The fourth-order valence-electron chi connectivity index (χ4n) is 2.89. The highest BCUT2D eigenvalue weighted by Gasteiger charge is 2.21. The first-order valence-corrected chi connectivity index (χ1v) is 11.8. The minimum Gasteiger partial charge on any atom is -0.461 e. The van der Waals surface area contributed by atoms with Gasteiger partial charge in [0.25, 0.3) is 5.91 Å². The van der Waals surface area contributed by atoms with Gasteiger partial charge in [0.2, 0.25) is 10.0 Å². The molecule has 1 heterocycles. The summed E-state index contributed by atoms with van der Waals surface area (Å²) in [4.78, 5) is 24.0. The van der Waals surface area contributed by atoms with Crippen molar-refractivity contribution < 1.29 is 27.2 Å². The number of carbonyl (C=O) groups excluding carboxylic acids is 2. The van der Waals surface area contributed by atoms with Gasteiger partial charge in [0.05, 0.1) is 11.4 Å². The summed E-state index contributed by atoms with van der Waals surface area (Å²) in [5, 5.41) is 2.52. The molecule has 0 unspecified atom stereocenters. The number of nitrogens with zero attached hydrogens (tertiary/aromatic N) is 1. The van der Waals surface area contributed by atoms with Crippen LogP contribution in [0.2, 0.25) is 5.02 Å². The van der Waals surface area contributed by atoms with Crippen LogP contribution in [0.15, 0.2) is 70.0 Å². The van der Waals surface area contributed by atoms with Gasteiger partial charge < -0.3 is 14.5 Å². The maximum absolute atomic E-state index is 12.3. The molecule has 0 aliphatic rings. The Morgan fingerprint density at radius 2 is 1.79 bits per heavy atom. The number of esters is 1. The lowest BCUT2D eigenvalue weighted by Crippen LogP contribution is -2.23. The largest absolute Gasteiger partial charge is 0.461 e. The van der Waals surface area contributed by atoms with E-state index in [0.717, 1.165) is 9.87 Å². The molecule has 1 amide bonds.